The molecular weight excluding hydrogens is 248 g/mol. The number of hydrogen-bond acceptors (Lipinski definition) is 5. The first kappa shape index (κ1) is 13.0. The van der Waals surface area contributed by atoms with Gasteiger partial charge in [0.05, 0.1) is 0 Å². The lowest BCUT2D eigenvalue weighted by Crippen LogP contribution is -2.37. The van der Waals surface area contributed by atoms with Gasteiger partial charge in [-0.15, -0.1) is 11.3 Å². The highest BCUT2D eigenvalue weighted by atomic mass is 32.2. The number of nitrogens with one attached hydrogen (secondary N) is 1. The van der Waals surface area contributed by atoms with Crippen LogP contribution >= 0.6 is 23.1 Å². The van der Waals surface area contributed by atoms with Crippen molar-refractivity contribution in [3.63, 3.8) is 0 Å². The van der Waals surface area contributed by atoms with E-state index in [0.717, 1.165) is 10.7 Å². The topological polar surface area (TPSA) is 79.3 Å². The number of aliphatic carboxylic acids is 1. The maximum absolute atomic E-state index is 10.7. The molecule has 1 unspecified atom stereocenters. The van der Waals surface area contributed by atoms with Gasteiger partial charge in [-0.1, -0.05) is 0 Å². The highest BCUT2D eigenvalue weighted by Gasteiger charge is 2.15. The Labute approximate surface area is 101 Å². The summed E-state index contributed by atoms with van der Waals surface area (Å²) in [6, 6.07) is -0.830. The molecule has 0 aliphatic carbocycles. The Balaban J connectivity index is 2.33. The molecule has 0 aliphatic rings. The van der Waals surface area contributed by atoms with Crippen molar-refractivity contribution in [1.29, 1.82) is 0 Å². The van der Waals surface area contributed by atoms with Crippen LogP contribution in [-0.4, -0.2) is 34.3 Å². The van der Waals surface area contributed by atoms with Crippen LogP contribution in [0, 0.1) is 6.92 Å². The monoisotopic (exact) mass is 260 g/mol. The van der Waals surface area contributed by atoms with Crippen LogP contribution in [-0.2, 0) is 15.3 Å². The molecule has 0 radical (unpaired) electrons. The second kappa shape index (κ2) is 6.49. The largest absolute Gasteiger partial charge is 0.480 e. The SMILES string of the molecule is Cc1csc(CSCC(NC=O)C(=O)O)n1. The van der Waals surface area contributed by atoms with Gasteiger partial charge in [0.2, 0.25) is 6.41 Å². The molecule has 0 bridgehead atoms. The van der Waals surface area contributed by atoms with Crippen molar-refractivity contribution in [2.45, 2.75) is 18.7 Å². The quantitative estimate of drug-likeness (QED) is 0.712. The maximum atomic E-state index is 10.7. The van der Waals surface area contributed by atoms with E-state index in [4.69, 9.17) is 5.11 Å². The van der Waals surface area contributed by atoms with Crippen molar-refractivity contribution in [1.82, 2.24) is 10.3 Å². The van der Waals surface area contributed by atoms with Crippen molar-refractivity contribution >= 4 is 35.5 Å². The van der Waals surface area contributed by atoms with Gasteiger partial charge in [0, 0.05) is 22.6 Å². The van der Waals surface area contributed by atoms with Crippen LogP contribution in [0.2, 0.25) is 0 Å². The van der Waals surface area contributed by atoms with E-state index in [2.05, 4.69) is 10.3 Å². The van der Waals surface area contributed by atoms with Crippen molar-refractivity contribution in [3.05, 3.63) is 16.1 Å². The van der Waals surface area contributed by atoms with E-state index >= 15 is 0 Å². The fourth-order valence-corrected chi connectivity index (χ4v) is 2.92. The van der Waals surface area contributed by atoms with Crippen molar-refractivity contribution < 1.29 is 14.7 Å². The molecule has 1 aromatic rings. The summed E-state index contributed by atoms with van der Waals surface area (Å²) in [5.74, 6) is -0.00914. The van der Waals surface area contributed by atoms with Gasteiger partial charge in [-0.25, -0.2) is 9.78 Å². The van der Waals surface area contributed by atoms with Gasteiger partial charge < -0.3 is 10.4 Å². The van der Waals surface area contributed by atoms with Gasteiger partial charge in [0.25, 0.3) is 0 Å². The van der Waals surface area contributed by atoms with Crippen molar-refractivity contribution in [2.75, 3.05) is 5.75 Å². The third kappa shape index (κ3) is 4.19. The third-order valence-electron chi connectivity index (χ3n) is 1.74. The molecule has 5 nitrogen and oxygen atoms in total. The number of hydrogen-bond donors (Lipinski definition) is 2. The van der Waals surface area contributed by atoms with E-state index in [0.29, 0.717) is 17.9 Å². The molecule has 1 atom stereocenters. The first-order valence-corrected chi connectivity index (χ1v) is 6.58. The second-order valence-electron chi connectivity index (χ2n) is 3.07. The van der Waals surface area contributed by atoms with Crippen LogP contribution in [0.25, 0.3) is 0 Å². The molecule has 0 saturated heterocycles. The minimum atomic E-state index is -1.02. The highest BCUT2D eigenvalue weighted by Crippen LogP contribution is 2.17. The number of carboxylic acids is 1. The molecule has 1 rings (SSSR count). The minimum Gasteiger partial charge on any atom is -0.480 e. The van der Waals surface area contributed by atoms with Gasteiger partial charge >= 0.3 is 5.97 Å². The van der Waals surface area contributed by atoms with Crippen LogP contribution in [0.5, 0.6) is 0 Å². The van der Waals surface area contributed by atoms with Crippen LogP contribution < -0.4 is 5.32 Å². The molecule has 1 amide bonds. The van der Waals surface area contributed by atoms with Crippen LogP contribution in [0.1, 0.15) is 10.7 Å². The number of thioether (sulfide) groups is 1. The number of carbonyl (C=O) groups is 2. The minimum absolute atomic E-state index is 0.340. The molecule has 7 heteroatoms. The molecular formula is C9H12N2O3S2. The van der Waals surface area contributed by atoms with E-state index in [1.54, 1.807) is 11.3 Å². The number of amides is 1. The summed E-state index contributed by atoms with van der Waals surface area (Å²) in [6.07, 6.45) is 0.410. The van der Waals surface area contributed by atoms with Crippen LogP contribution in [0.3, 0.4) is 0 Å². The summed E-state index contributed by atoms with van der Waals surface area (Å²) < 4.78 is 0. The fourth-order valence-electron chi connectivity index (χ4n) is 1.01. The number of aromatic nitrogens is 1. The van der Waals surface area contributed by atoms with E-state index in [1.165, 1.54) is 11.8 Å². The lowest BCUT2D eigenvalue weighted by atomic mass is 10.3. The molecule has 0 spiro atoms. The predicted molar refractivity (Wildman–Crippen MR) is 63.6 cm³/mol. The van der Waals surface area contributed by atoms with E-state index in [9.17, 15) is 9.59 Å². The molecule has 0 fully saturated rings. The Kier molecular flexibility index (Phi) is 5.27. The smallest absolute Gasteiger partial charge is 0.327 e. The summed E-state index contributed by atoms with van der Waals surface area (Å²) in [5.41, 5.74) is 0.974. The van der Waals surface area contributed by atoms with Gasteiger partial charge in [-0.3, -0.25) is 4.79 Å². The first-order valence-electron chi connectivity index (χ1n) is 4.54. The zero-order valence-corrected chi connectivity index (χ0v) is 10.3. The molecule has 1 heterocycles. The zero-order chi connectivity index (χ0) is 12.0. The molecule has 0 aliphatic heterocycles. The fraction of sp³-hybridized carbons (Fsp3) is 0.444. The lowest BCUT2D eigenvalue weighted by molar-refractivity contribution is -0.139. The number of carboxylic acid groups (broad SMARTS) is 1. The summed E-state index contributed by atoms with van der Waals surface area (Å²) in [7, 11) is 0. The normalized spacial score (nSPS) is 12.1. The van der Waals surface area contributed by atoms with Crippen LogP contribution in [0.15, 0.2) is 5.38 Å². The Morgan fingerprint density at radius 1 is 1.81 bits per heavy atom. The Bertz CT molecular complexity index is 367. The van der Waals surface area contributed by atoms with Gasteiger partial charge in [-0.05, 0) is 6.92 Å². The summed E-state index contributed by atoms with van der Waals surface area (Å²) in [6.45, 7) is 1.92. The predicted octanol–water partition coefficient (Wildman–Crippen LogP) is 0.884. The molecule has 2 N–H and O–H groups in total. The third-order valence-corrected chi connectivity index (χ3v) is 3.94. The average Bonchev–Trinajstić information content (AvgIpc) is 2.63. The second-order valence-corrected chi connectivity index (χ2v) is 5.05. The van der Waals surface area contributed by atoms with Crippen LogP contribution in [0.4, 0.5) is 0 Å². The molecule has 0 aromatic carbocycles. The summed E-state index contributed by atoms with van der Waals surface area (Å²) in [4.78, 5) is 25.1. The summed E-state index contributed by atoms with van der Waals surface area (Å²) in [5, 5.41) is 13.9. The Morgan fingerprint density at radius 2 is 2.56 bits per heavy atom. The van der Waals surface area contributed by atoms with Gasteiger partial charge in [-0.2, -0.15) is 11.8 Å². The highest BCUT2D eigenvalue weighted by molar-refractivity contribution is 7.98. The zero-order valence-electron chi connectivity index (χ0n) is 8.67. The van der Waals surface area contributed by atoms with E-state index < -0.39 is 12.0 Å². The van der Waals surface area contributed by atoms with E-state index in [1.807, 2.05) is 12.3 Å². The first-order chi connectivity index (χ1) is 7.63. The number of rotatable bonds is 7. The molecule has 0 saturated carbocycles. The average molecular weight is 260 g/mol. The number of carbonyl (C=O) groups excluding carboxylic acids is 1. The lowest BCUT2D eigenvalue weighted by Gasteiger charge is -2.09. The van der Waals surface area contributed by atoms with E-state index in [-0.39, 0.29) is 0 Å². The van der Waals surface area contributed by atoms with Crippen molar-refractivity contribution in [3.8, 4) is 0 Å². The standard InChI is InChI=1S/C9H12N2O3S2/c1-6-2-16-8(11-6)4-15-3-7(9(13)14)10-5-12/h2,5,7H,3-4H2,1H3,(H,10,12)(H,13,14). The number of aryl methyl sites for hydroxylation is 1. The van der Waals surface area contributed by atoms with Crippen molar-refractivity contribution in [2.24, 2.45) is 0 Å². The molecule has 16 heavy (non-hydrogen) atoms. The number of nitrogens with zero attached hydrogens (tertiary/aromatic N) is 1. The Hall–Kier alpha value is -1.08. The summed E-state index contributed by atoms with van der Waals surface area (Å²) >= 11 is 3.00. The number of thiazole rings is 1. The van der Waals surface area contributed by atoms with Gasteiger partial charge in [0.15, 0.2) is 0 Å². The van der Waals surface area contributed by atoms with Gasteiger partial charge in [0.1, 0.15) is 11.0 Å². The Morgan fingerprint density at radius 3 is 3.06 bits per heavy atom. The maximum Gasteiger partial charge on any atom is 0.327 e. The molecule has 88 valence electrons. The molecule has 1 aromatic heterocycles.